The highest BCUT2D eigenvalue weighted by atomic mass is 79.9. The molecule has 2 rings (SSSR count). The fourth-order valence-electron chi connectivity index (χ4n) is 2.85. The predicted molar refractivity (Wildman–Crippen MR) is 79.2 cm³/mol. The van der Waals surface area contributed by atoms with Gasteiger partial charge in [-0.1, -0.05) is 40.9 Å². The molecule has 0 radical (unpaired) electrons. The number of hydrogen-bond donors (Lipinski definition) is 1. The summed E-state index contributed by atoms with van der Waals surface area (Å²) in [7, 11) is 1.64. The molecule has 1 fully saturated rings. The third-order valence-electron chi connectivity index (χ3n) is 3.86. The van der Waals surface area contributed by atoms with Crippen LogP contribution in [0.1, 0.15) is 31.2 Å². The van der Waals surface area contributed by atoms with Crippen LogP contribution in [0.25, 0.3) is 0 Å². The monoisotopic (exact) mass is 325 g/mol. The van der Waals surface area contributed by atoms with E-state index in [-0.39, 0.29) is 11.3 Å². The van der Waals surface area contributed by atoms with Crippen LogP contribution in [0.5, 0.6) is 0 Å². The molecule has 1 saturated carbocycles. The smallest absolute Gasteiger partial charge is 0.230 e. The lowest BCUT2D eigenvalue weighted by Gasteiger charge is -2.28. The Morgan fingerprint density at radius 3 is 2.79 bits per heavy atom. The van der Waals surface area contributed by atoms with Crippen LogP contribution < -0.4 is 5.32 Å². The van der Waals surface area contributed by atoms with Crippen molar-refractivity contribution in [1.29, 1.82) is 0 Å². The summed E-state index contributed by atoms with van der Waals surface area (Å²) in [6.45, 7) is 1.13. The van der Waals surface area contributed by atoms with Gasteiger partial charge in [0.2, 0.25) is 5.91 Å². The van der Waals surface area contributed by atoms with Crippen molar-refractivity contribution >= 4 is 21.8 Å². The standard InChI is InChI=1S/C15H20BrNO2/c1-19-10-9-17-14(18)15(7-2-3-8-15)12-5-4-6-13(16)11-12/h4-6,11H,2-3,7-10H2,1H3,(H,17,18). The predicted octanol–water partition coefficient (Wildman–Crippen LogP) is 3.02. The molecule has 1 amide bonds. The number of methoxy groups -OCH3 is 1. The highest BCUT2D eigenvalue weighted by Gasteiger charge is 2.42. The molecule has 4 heteroatoms. The summed E-state index contributed by atoms with van der Waals surface area (Å²) in [4.78, 5) is 12.6. The van der Waals surface area contributed by atoms with Crippen LogP contribution in [-0.4, -0.2) is 26.2 Å². The van der Waals surface area contributed by atoms with Gasteiger partial charge in [-0.3, -0.25) is 4.79 Å². The Morgan fingerprint density at radius 2 is 2.16 bits per heavy atom. The first-order valence-corrected chi connectivity index (χ1v) is 7.52. The molecule has 1 aliphatic rings. The lowest BCUT2D eigenvalue weighted by atomic mass is 9.78. The fourth-order valence-corrected chi connectivity index (χ4v) is 3.25. The molecule has 1 aliphatic carbocycles. The van der Waals surface area contributed by atoms with E-state index in [0.29, 0.717) is 13.2 Å². The van der Waals surface area contributed by atoms with Crippen molar-refractivity contribution in [2.75, 3.05) is 20.3 Å². The number of carbonyl (C=O) groups excluding carboxylic acids is 1. The summed E-state index contributed by atoms with van der Waals surface area (Å²) < 4.78 is 6.02. The summed E-state index contributed by atoms with van der Waals surface area (Å²) in [5.74, 6) is 0.139. The molecule has 0 aliphatic heterocycles. The van der Waals surface area contributed by atoms with Gasteiger partial charge in [0.25, 0.3) is 0 Å². The summed E-state index contributed by atoms with van der Waals surface area (Å²) in [6, 6.07) is 8.13. The maximum Gasteiger partial charge on any atom is 0.230 e. The van der Waals surface area contributed by atoms with Crippen molar-refractivity contribution in [3.63, 3.8) is 0 Å². The third-order valence-corrected chi connectivity index (χ3v) is 4.35. The second kappa shape index (κ2) is 6.53. The van der Waals surface area contributed by atoms with Crippen molar-refractivity contribution in [1.82, 2.24) is 5.32 Å². The Hall–Kier alpha value is -0.870. The quantitative estimate of drug-likeness (QED) is 0.845. The Balaban J connectivity index is 2.20. The number of nitrogens with one attached hydrogen (secondary N) is 1. The Kier molecular flexibility index (Phi) is 4.99. The van der Waals surface area contributed by atoms with E-state index in [2.05, 4.69) is 33.4 Å². The molecule has 0 heterocycles. The highest BCUT2D eigenvalue weighted by Crippen LogP contribution is 2.41. The van der Waals surface area contributed by atoms with Gasteiger partial charge in [-0.2, -0.15) is 0 Å². The molecular formula is C15H20BrNO2. The Labute approximate surface area is 122 Å². The first-order valence-electron chi connectivity index (χ1n) is 6.72. The second-order valence-electron chi connectivity index (χ2n) is 5.05. The maximum absolute atomic E-state index is 12.6. The number of rotatable bonds is 5. The van der Waals surface area contributed by atoms with Gasteiger partial charge in [0, 0.05) is 18.1 Å². The van der Waals surface area contributed by atoms with E-state index in [4.69, 9.17) is 4.74 Å². The van der Waals surface area contributed by atoms with Gasteiger partial charge in [0.15, 0.2) is 0 Å². The van der Waals surface area contributed by atoms with E-state index >= 15 is 0 Å². The van der Waals surface area contributed by atoms with Gasteiger partial charge in [0.1, 0.15) is 0 Å². The molecule has 104 valence electrons. The molecule has 0 bridgehead atoms. The molecule has 1 aromatic carbocycles. The average Bonchev–Trinajstić information content (AvgIpc) is 2.89. The van der Waals surface area contributed by atoms with Crippen LogP contribution >= 0.6 is 15.9 Å². The van der Waals surface area contributed by atoms with Crippen molar-refractivity contribution in [3.05, 3.63) is 34.3 Å². The number of hydrogen-bond acceptors (Lipinski definition) is 2. The number of benzene rings is 1. The van der Waals surface area contributed by atoms with E-state index < -0.39 is 0 Å². The summed E-state index contributed by atoms with van der Waals surface area (Å²) in [5.41, 5.74) is 0.770. The fraction of sp³-hybridized carbons (Fsp3) is 0.533. The van der Waals surface area contributed by atoms with E-state index in [0.717, 1.165) is 35.7 Å². The molecule has 19 heavy (non-hydrogen) atoms. The Bertz CT molecular complexity index is 442. The third kappa shape index (κ3) is 3.18. The minimum Gasteiger partial charge on any atom is -0.383 e. The van der Waals surface area contributed by atoms with Crippen molar-refractivity contribution in [3.8, 4) is 0 Å². The first-order chi connectivity index (χ1) is 9.19. The van der Waals surface area contributed by atoms with Crippen LogP contribution in [0.15, 0.2) is 28.7 Å². The molecule has 1 aromatic rings. The number of halogens is 1. The molecule has 0 unspecified atom stereocenters. The van der Waals surface area contributed by atoms with Gasteiger partial charge in [-0.15, -0.1) is 0 Å². The van der Waals surface area contributed by atoms with Crippen molar-refractivity contribution in [2.24, 2.45) is 0 Å². The maximum atomic E-state index is 12.6. The highest BCUT2D eigenvalue weighted by molar-refractivity contribution is 9.10. The normalized spacial score (nSPS) is 17.4. The van der Waals surface area contributed by atoms with Gasteiger partial charge < -0.3 is 10.1 Å². The van der Waals surface area contributed by atoms with Crippen LogP contribution in [0.3, 0.4) is 0 Å². The number of carbonyl (C=O) groups is 1. The SMILES string of the molecule is COCCNC(=O)C1(c2cccc(Br)c2)CCCC1. The zero-order valence-electron chi connectivity index (χ0n) is 11.2. The Morgan fingerprint density at radius 1 is 1.42 bits per heavy atom. The van der Waals surface area contributed by atoms with Crippen LogP contribution in [-0.2, 0) is 14.9 Å². The summed E-state index contributed by atoms with van der Waals surface area (Å²) in [6.07, 6.45) is 4.10. The largest absolute Gasteiger partial charge is 0.383 e. The molecule has 0 aromatic heterocycles. The van der Waals surface area contributed by atoms with Gasteiger partial charge in [0.05, 0.1) is 12.0 Å². The van der Waals surface area contributed by atoms with Gasteiger partial charge in [-0.25, -0.2) is 0 Å². The minimum absolute atomic E-state index is 0.139. The second-order valence-corrected chi connectivity index (χ2v) is 5.96. The zero-order valence-corrected chi connectivity index (χ0v) is 12.8. The van der Waals surface area contributed by atoms with Crippen LogP contribution in [0, 0.1) is 0 Å². The molecule has 1 N–H and O–H groups in total. The molecule has 3 nitrogen and oxygen atoms in total. The van der Waals surface area contributed by atoms with Gasteiger partial charge in [-0.05, 0) is 30.5 Å². The van der Waals surface area contributed by atoms with E-state index in [1.54, 1.807) is 7.11 Å². The number of amides is 1. The van der Waals surface area contributed by atoms with E-state index in [1.807, 2.05) is 12.1 Å². The average molecular weight is 326 g/mol. The van der Waals surface area contributed by atoms with Crippen molar-refractivity contribution < 1.29 is 9.53 Å². The first kappa shape index (κ1) is 14.5. The van der Waals surface area contributed by atoms with E-state index in [1.165, 1.54) is 0 Å². The lowest BCUT2D eigenvalue weighted by molar-refractivity contribution is -0.126. The molecule has 0 spiro atoms. The van der Waals surface area contributed by atoms with Crippen LogP contribution in [0.4, 0.5) is 0 Å². The number of ether oxygens (including phenoxy) is 1. The molecule has 0 saturated heterocycles. The van der Waals surface area contributed by atoms with Crippen molar-refractivity contribution in [2.45, 2.75) is 31.1 Å². The lowest BCUT2D eigenvalue weighted by Crippen LogP contribution is -2.43. The molecule has 0 atom stereocenters. The van der Waals surface area contributed by atoms with Gasteiger partial charge >= 0.3 is 0 Å². The molecular weight excluding hydrogens is 306 g/mol. The zero-order chi connectivity index (χ0) is 13.7. The summed E-state index contributed by atoms with van der Waals surface area (Å²) in [5, 5.41) is 3.01. The van der Waals surface area contributed by atoms with E-state index in [9.17, 15) is 4.79 Å². The topological polar surface area (TPSA) is 38.3 Å². The summed E-state index contributed by atoms with van der Waals surface area (Å²) >= 11 is 3.49. The minimum atomic E-state index is -0.350. The van der Waals surface area contributed by atoms with Crippen LogP contribution in [0.2, 0.25) is 0 Å².